The van der Waals surface area contributed by atoms with Crippen LogP contribution < -0.4 is 5.32 Å². The normalized spacial score (nSPS) is 23.3. The fourth-order valence-corrected chi connectivity index (χ4v) is 5.55. The average molecular weight is 478 g/mol. The number of nitrogens with one attached hydrogen (secondary N) is 1. The summed E-state index contributed by atoms with van der Waals surface area (Å²) in [7, 11) is 0. The number of carboxylic acid groups (broad SMARTS) is 1. The SMILES string of the molecule is O=C(NC1=NCC2CN(C(=O)O)CC2(c2cc(Br)ccc2F)S1)c1ccccc1. The van der Waals surface area contributed by atoms with Crippen molar-refractivity contribution in [2.75, 3.05) is 19.6 Å². The first-order valence-electron chi connectivity index (χ1n) is 8.92. The highest BCUT2D eigenvalue weighted by Crippen LogP contribution is 2.51. The summed E-state index contributed by atoms with van der Waals surface area (Å²) in [6.07, 6.45) is -1.05. The number of carbonyl (C=O) groups excluding carboxylic acids is 1. The number of hydrogen-bond donors (Lipinski definition) is 2. The lowest BCUT2D eigenvalue weighted by Gasteiger charge is -2.37. The second-order valence-electron chi connectivity index (χ2n) is 6.94. The summed E-state index contributed by atoms with van der Waals surface area (Å²) in [5, 5.41) is 12.7. The molecule has 2 aliphatic heterocycles. The molecule has 6 nitrogen and oxygen atoms in total. The van der Waals surface area contributed by atoms with E-state index in [4.69, 9.17) is 0 Å². The molecule has 2 aliphatic rings. The third kappa shape index (κ3) is 3.76. The Morgan fingerprint density at radius 3 is 2.76 bits per heavy atom. The number of amidine groups is 1. The first-order valence-corrected chi connectivity index (χ1v) is 10.5. The van der Waals surface area contributed by atoms with Gasteiger partial charge in [-0.25, -0.2) is 9.18 Å². The van der Waals surface area contributed by atoms with Crippen molar-refractivity contribution in [3.8, 4) is 0 Å². The molecule has 2 N–H and O–H groups in total. The highest BCUT2D eigenvalue weighted by molar-refractivity contribution is 9.10. The fourth-order valence-electron chi connectivity index (χ4n) is 3.76. The maximum atomic E-state index is 14.8. The zero-order valence-electron chi connectivity index (χ0n) is 15.1. The van der Waals surface area contributed by atoms with Gasteiger partial charge in [-0.15, -0.1) is 0 Å². The van der Waals surface area contributed by atoms with Crippen LogP contribution in [0.3, 0.4) is 0 Å². The molecule has 1 fully saturated rings. The zero-order valence-corrected chi connectivity index (χ0v) is 17.5. The number of amides is 2. The molecule has 2 aromatic carbocycles. The molecule has 0 saturated carbocycles. The molecule has 2 heterocycles. The van der Waals surface area contributed by atoms with Crippen molar-refractivity contribution >= 4 is 44.9 Å². The summed E-state index contributed by atoms with van der Waals surface area (Å²) in [6.45, 7) is 0.677. The van der Waals surface area contributed by atoms with Crippen LogP contribution in [0.5, 0.6) is 0 Å². The summed E-state index contributed by atoms with van der Waals surface area (Å²) in [5.74, 6) is -0.924. The molecule has 0 radical (unpaired) electrons. The monoisotopic (exact) mass is 477 g/mol. The van der Waals surface area contributed by atoms with Gasteiger partial charge in [0.05, 0.1) is 4.75 Å². The first kappa shape index (κ1) is 19.9. The van der Waals surface area contributed by atoms with Crippen LogP contribution in [0, 0.1) is 11.7 Å². The minimum absolute atomic E-state index is 0.116. The largest absolute Gasteiger partial charge is 0.465 e. The van der Waals surface area contributed by atoms with E-state index in [-0.39, 0.29) is 24.9 Å². The van der Waals surface area contributed by atoms with E-state index < -0.39 is 16.7 Å². The van der Waals surface area contributed by atoms with E-state index in [0.29, 0.717) is 27.3 Å². The minimum atomic E-state index is -1.05. The molecule has 2 atom stereocenters. The second-order valence-corrected chi connectivity index (χ2v) is 9.18. The summed E-state index contributed by atoms with van der Waals surface area (Å²) >= 11 is 4.60. The lowest BCUT2D eigenvalue weighted by atomic mass is 9.87. The van der Waals surface area contributed by atoms with Crippen molar-refractivity contribution in [1.29, 1.82) is 0 Å². The Morgan fingerprint density at radius 2 is 2.03 bits per heavy atom. The number of likely N-dealkylation sites (tertiary alicyclic amines) is 1. The number of nitrogens with zero attached hydrogens (tertiary/aromatic N) is 2. The number of thioether (sulfide) groups is 1. The van der Waals surface area contributed by atoms with Crippen molar-refractivity contribution in [3.63, 3.8) is 0 Å². The summed E-state index contributed by atoms with van der Waals surface area (Å²) in [5.41, 5.74) is 0.895. The van der Waals surface area contributed by atoms with Gasteiger partial charge in [0.15, 0.2) is 5.17 Å². The van der Waals surface area contributed by atoms with Gasteiger partial charge in [-0.2, -0.15) is 0 Å². The minimum Gasteiger partial charge on any atom is -0.465 e. The average Bonchev–Trinajstić information content (AvgIpc) is 3.11. The van der Waals surface area contributed by atoms with E-state index in [2.05, 4.69) is 26.2 Å². The van der Waals surface area contributed by atoms with Crippen LogP contribution >= 0.6 is 27.7 Å². The van der Waals surface area contributed by atoms with Crippen LogP contribution in [0.25, 0.3) is 0 Å². The summed E-state index contributed by atoms with van der Waals surface area (Å²) in [6, 6.07) is 13.4. The lowest BCUT2D eigenvalue weighted by Crippen LogP contribution is -2.43. The molecule has 2 amide bonds. The summed E-state index contributed by atoms with van der Waals surface area (Å²) in [4.78, 5) is 29.9. The van der Waals surface area contributed by atoms with Gasteiger partial charge in [0.1, 0.15) is 5.82 Å². The number of fused-ring (bicyclic) bond motifs is 1. The highest BCUT2D eigenvalue weighted by Gasteiger charge is 2.53. The van der Waals surface area contributed by atoms with Gasteiger partial charge in [0, 0.05) is 41.2 Å². The fraction of sp³-hybridized carbons (Fsp3) is 0.250. The quantitative estimate of drug-likeness (QED) is 0.686. The predicted octanol–water partition coefficient (Wildman–Crippen LogP) is 3.93. The number of aliphatic imine (C=N–C) groups is 1. The predicted molar refractivity (Wildman–Crippen MR) is 113 cm³/mol. The zero-order chi connectivity index (χ0) is 20.6. The van der Waals surface area contributed by atoms with Gasteiger partial charge in [0.2, 0.25) is 0 Å². The van der Waals surface area contributed by atoms with E-state index in [1.807, 2.05) is 6.07 Å². The van der Waals surface area contributed by atoms with E-state index in [0.717, 1.165) is 0 Å². The molecule has 0 aliphatic carbocycles. The Morgan fingerprint density at radius 1 is 1.28 bits per heavy atom. The van der Waals surface area contributed by atoms with E-state index in [1.54, 1.807) is 36.4 Å². The Labute approximate surface area is 179 Å². The van der Waals surface area contributed by atoms with Crippen molar-refractivity contribution in [2.24, 2.45) is 10.9 Å². The van der Waals surface area contributed by atoms with Crippen LogP contribution in [0.15, 0.2) is 58.0 Å². The Kier molecular flexibility index (Phi) is 5.35. The van der Waals surface area contributed by atoms with Gasteiger partial charge in [0.25, 0.3) is 5.91 Å². The van der Waals surface area contributed by atoms with E-state index in [9.17, 15) is 19.1 Å². The molecule has 0 spiro atoms. The van der Waals surface area contributed by atoms with Gasteiger partial charge in [-0.3, -0.25) is 9.79 Å². The van der Waals surface area contributed by atoms with Crippen LogP contribution in [-0.2, 0) is 4.75 Å². The maximum Gasteiger partial charge on any atom is 0.407 e. The van der Waals surface area contributed by atoms with Crippen molar-refractivity contribution < 1.29 is 19.1 Å². The molecule has 2 aromatic rings. The van der Waals surface area contributed by atoms with Crippen LogP contribution in [0.2, 0.25) is 0 Å². The molecule has 4 rings (SSSR count). The number of rotatable bonds is 2. The number of benzene rings is 2. The number of carbonyl (C=O) groups is 2. The highest BCUT2D eigenvalue weighted by atomic mass is 79.9. The van der Waals surface area contributed by atoms with Gasteiger partial charge >= 0.3 is 6.09 Å². The smallest absolute Gasteiger partial charge is 0.407 e. The van der Waals surface area contributed by atoms with Crippen molar-refractivity contribution in [3.05, 3.63) is 69.9 Å². The second kappa shape index (κ2) is 7.79. The van der Waals surface area contributed by atoms with Crippen molar-refractivity contribution in [2.45, 2.75) is 4.75 Å². The third-order valence-electron chi connectivity index (χ3n) is 5.17. The molecule has 9 heteroatoms. The van der Waals surface area contributed by atoms with Crippen LogP contribution in [0.4, 0.5) is 9.18 Å². The number of halogens is 2. The Bertz CT molecular complexity index is 1000. The van der Waals surface area contributed by atoms with Crippen LogP contribution in [0.1, 0.15) is 15.9 Å². The molecule has 1 saturated heterocycles. The molecule has 2 unspecified atom stereocenters. The lowest BCUT2D eigenvalue weighted by molar-refractivity contribution is 0.0977. The molecule has 0 aromatic heterocycles. The van der Waals surface area contributed by atoms with Crippen LogP contribution in [-0.4, -0.2) is 46.8 Å². The third-order valence-corrected chi connectivity index (χ3v) is 7.14. The molecule has 150 valence electrons. The van der Waals surface area contributed by atoms with Gasteiger partial charge < -0.3 is 15.3 Å². The maximum absolute atomic E-state index is 14.8. The Hall–Kier alpha value is -2.39. The molecule has 0 bridgehead atoms. The number of hydrogen-bond acceptors (Lipinski definition) is 4. The molecular formula is C20H17BrFN3O3S. The standard InChI is InChI=1S/C20H17BrFN3O3S/c21-14-6-7-16(22)15(8-14)20-11-25(19(27)28)10-13(20)9-23-18(29-20)24-17(26)12-4-2-1-3-5-12/h1-8,13H,9-11H2,(H,27,28)(H,23,24,26). The first-order chi connectivity index (χ1) is 13.9. The molecule has 29 heavy (non-hydrogen) atoms. The van der Waals surface area contributed by atoms with Gasteiger partial charge in [-0.1, -0.05) is 45.9 Å². The molecular weight excluding hydrogens is 461 g/mol. The van der Waals surface area contributed by atoms with Crippen molar-refractivity contribution in [1.82, 2.24) is 10.2 Å². The van der Waals surface area contributed by atoms with E-state index >= 15 is 0 Å². The Balaban J connectivity index is 1.68. The van der Waals surface area contributed by atoms with Gasteiger partial charge in [-0.05, 0) is 30.3 Å². The topological polar surface area (TPSA) is 82.0 Å². The van der Waals surface area contributed by atoms with E-state index in [1.165, 1.54) is 22.7 Å². The summed E-state index contributed by atoms with van der Waals surface area (Å²) < 4.78 is 14.7.